The molecule has 32 heavy (non-hydrogen) atoms. The first-order chi connectivity index (χ1) is 15.6. The van der Waals surface area contributed by atoms with Gasteiger partial charge in [0.05, 0.1) is 12.2 Å². The molecule has 0 N–H and O–H groups in total. The second kappa shape index (κ2) is 8.67. The van der Waals surface area contributed by atoms with Crippen LogP contribution >= 0.6 is 11.6 Å². The van der Waals surface area contributed by atoms with Crippen LogP contribution in [0, 0.1) is 0 Å². The number of benzene rings is 2. The van der Waals surface area contributed by atoms with E-state index in [0.717, 1.165) is 24.3 Å². The van der Waals surface area contributed by atoms with Crippen LogP contribution in [0.3, 0.4) is 0 Å². The highest BCUT2D eigenvalue weighted by atomic mass is 35.5. The molecule has 1 saturated heterocycles. The molecular formula is C24H24ClN5O2. The van der Waals surface area contributed by atoms with Gasteiger partial charge in [-0.15, -0.1) is 0 Å². The number of rotatable bonds is 4. The van der Waals surface area contributed by atoms with E-state index in [0.29, 0.717) is 36.9 Å². The van der Waals surface area contributed by atoms with Crippen molar-refractivity contribution in [3.8, 4) is 11.3 Å². The van der Waals surface area contributed by atoms with Crippen LogP contribution in [0.2, 0.25) is 5.02 Å². The molecular weight excluding hydrogens is 426 g/mol. The summed E-state index contributed by atoms with van der Waals surface area (Å²) >= 11 is 6.12. The van der Waals surface area contributed by atoms with E-state index in [1.54, 1.807) is 9.58 Å². The molecule has 2 amide bonds. The van der Waals surface area contributed by atoms with E-state index in [2.05, 4.69) is 22.1 Å². The minimum atomic E-state index is -0.0497. The molecule has 0 radical (unpaired) electrons. The van der Waals surface area contributed by atoms with E-state index in [-0.39, 0.29) is 18.4 Å². The van der Waals surface area contributed by atoms with Gasteiger partial charge in [0.25, 0.3) is 0 Å². The van der Waals surface area contributed by atoms with Crippen LogP contribution in [-0.2, 0) is 16.1 Å². The fourth-order valence-electron chi connectivity index (χ4n) is 4.30. The van der Waals surface area contributed by atoms with Gasteiger partial charge in [-0.05, 0) is 24.3 Å². The molecule has 8 heteroatoms. The molecule has 7 nitrogen and oxygen atoms in total. The number of amides is 2. The number of hydrogen-bond acceptors (Lipinski definition) is 4. The van der Waals surface area contributed by atoms with Gasteiger partial charge in [0.15, 0.2) is 0 Å². The topological polar surface area (TPSA) is 61.7 Å². The number of aryl methyl sites for hydroxylation is 1. The molecule has 2 aromatic carbocycles. The van der Waals surface area contributed by atoms with Crippen molar-refractivity contribution < 1.29 is 9.59 Å². The van der Waals surface area contributed by atoms with E-state index < -0.39 is 0 Å². The van der Waals surface area contributed by atoms with Crippen molar-refractivity contribution in [2.45, 2.75) is 13.0 Å². The molecule has 0 aliphatic carbocycles. The molecule has 3 aromatic rings. The van der Waals surface area contributed by atoms with Crippen molar-refractivity contribution in [2.24, 2.45) is 0 Å². The van der Waals surface area contributed by atoms with Crippen LogP contribution in [0.15, 0.2) is 60.7 Å². The Morgan fingerprint density at radius 3 is 2.47 bits per heavy atom. The summed E-state index contributed by atoms with van der Waals surface area (Å²) in [6, 6.07) is 19.6. The monoisotopic (exact) mass is 449 g/mol. The molecule has 0 bridgehead atoms. The van der Waals surface area contributed by atoms with Gasteiger partial charge in [-0.3, -0.25) is 14.5 Å². The van der Waals surface area contributed by atoms with Crippen LogP contribution in [0.4, 0.5) is 11.5 Å². The maximum atomic E-state index is 13.1. The van der Waals surface area contributed by atoms with Crippen molar-refractivity contribution in [3.63, 3.8) is 0 Å². The fraction of sp³-hybridized carbons (Fsp3) is 0.292. The highest BCUT2D eigenvalue weighted by Gasteiger charge is 2.30. The van der Waals surface area contributed by atoms with Crippen LogP contribution < -0.4 is 9.80 Å². The van der Waals surface area contributed by atoms with E-state index in [1.807, 2.05) is 53.4 Å². The molecule has 0 unspecified atom stereocenters. The van der Waals surface area contributed by atoms with Gasteiger partial charge in [0.2, 0.25) is 11.8 Å². The second-order valence-corrected chi connectivity index (χ2v) is 8.49. The zero-order chi connectivity index (χ0) is 22.1. The SMILES string of the molecule is O=C(CN1C(=O)CCn2nc(-c3cccc(Cl)c3)cc21)N1CCN(c2ccccc2)CC1. The zero-order valence-corrected chi connectivity index (χ0v) is 18.4. The van der Waals surface area contributed by atoms with Gasteiger partial charge in [0, 0.05) is 54.9 Å². The highest BCUT2D eigenvalue weighted by Crippen LogP contribution is 2.29. The number of para-hydroxylation sites is 1. The van der Waals surface area contributed by atoms with Gasteiger partial charge in [-0.1, -0.05) is 41.9 Å². The van der Waals surface area contributed by atoms with Gasteiger partial charge in [-0.25, -0.2) is 4.68 Å². The standard InChI is InChI=1S/C24H24ClN5O2/c25-19-6-4-5-18(15-19)21-16-22-29(23(31)9-10-30(22)26-21)17-24(32)28-13-11-27(12-14-28)20-7-2-1-3-8-20/h1-8,15-16H,9-14,17H2. The fourth-order valence-corrected chi connectivity index (χ4v) is 4.49. The molecule has 3 heterocycles. The molecule has 5 rings (SSSR count). The van der Waals surface area contributed by atoms with Crippen LogP contribution in [0.5, 0.6) is 0 Å². The summed E-state index contributed by atoms with van der Waals surface area (Å²) in [5.41, 5.74) is 2.80. The summed E-state index contributed by atoms with van der Waals surface area (Å²) in [5.74, 6) is 0.573. The van der Waals surface area contributed by atoms with Crippen molar-refractivity contribution in [1.82, 2.24) is 14.7 Å². The highest BCUT2D eigenvalue weighted by molar-refractivity contribution is 6.30. The molecule has 0 atom stereocenters. The average Bonchev–Trinajstić information content (AvgIpc) is 3.26. The van der Waals surface area contributed by atoms with Gasteiger partial charge in [0.1, 0.15) is 12.4 Å². The Morgan fingerprint density at radius 1 is 0.938 bits per heavy atom. The largest absolute Gasteiger partial charge is 0.368 e. The lowest BCUT2D eigenvalue weighted by atomic mass is 10.1. The van der Waals surface area contributed by atoms with Crippen molar-refractivity contribution in [2.75, 3.05) is 42.5 Å². The third kappa shape index (κ3) is 4.08. The van der Waals surface area contributed by atoms with Crippen LogP contribution in [0.1, 0.15) is 6.42 Å². The predicted molar refractivity (Wildman–Crippen MR) is 125 cm³/mol. The quantitative estimate of drug-likeness (QED) is 0.613. The second-order valence-electron chi connectivity index (χ2n) is 8.05. The summed E-state index contributed by atoms with van der Waals surface area (Å²) in [6.07, 6.45) is 0.332. The Bertz CT molecular complexity index is 1140. The van der Waals surface area contributed by atoms with E-state index in [9.17, 15) is 9.59 Å². The van der Waals surface area contributed by atoms with Crippen LogP contribution in [-0.4, -0.2) is 59.2 Å². The number of anilines is 2. The Kier molecular flexibility index (Phi) is 5.57. The lowest BCUT2D eigenvalue weighted by Crippen LogP contribution is -2.52. The number of nitrogens with zero attached hydrogens (tertiary/aromatic N) is 5. The Balaban J connectivity index is 1.29. The first-order valence-corrected chi connectivity index (χ1v) is 11.2. The average molecular weight is 450 g/mol. The Labute approximate surface area is 191 Å². The molecule has 164 valence electrons. The summed E-state index contributed by atoms with van der Waals surface area (Å²) in [4.78, 5) is 31.4. The number of aromatic nitrogens is 2. The molecule has 2 aliphatic heterocycles. The number of fused-ring (bicyclic) bond motifs is 1. The minimum Gasteiger partial charge on any atom is -0.368 e. The lowest BCUT2D eigenvalue weighted by Gasteiger charge is -2.37. The first-order valence-electron chi connectivity index (χ1n) is 10.8. The molecule has 1 aromatic heterocycles. The van der Waals surface area contributed by atoms with Gasteiger partial charge < -0.3 is 9.80 Å². The molecule has 0 saturated carbocycles. The molecule has 1 fully saturated rings. The summed E-state index contributed by atoms with van der Waals surface area (Å²) in [7, 11) is 0. The number of hydrogen-bond donors (Lipinski definition) is 0. The lowest BCUT2D eigenvalue weighted by molar-refractivity contribution is -0.132. The van der Waals surface area contributed by atoms with E-state index in [4.69, 9.17) is 11.6 Å². The van der Waals surface area contributed by atoms with E-state index in [1.165, 1.54) is 5.69 Å². The van der Waals surface area contributed by atoms with Crippen molar-refractivity contribution in [1.29, 1.82) is 0 Å². The minimum absolute atomic E-state index is 0.0326. The number of halogens is 1. The third-order valence-electron chi connectivity index (χ3n) is 6.04. The zero-order valence-electron chi connectivity index (χ0n) is 17.7. The normalized spacial score (nSPS) is 16.3. The number of carbonyl (C=O) groups excluding carboxylic acids is 2. The van der Waals surface area contributed by atoms with Crippen LogP contribution in [0.25, 0.3) is 11.3 Å². The smallest absolute Gasteiger partial charge is 0.242 e. The summed E-state index contributed by atoms with van der Waals surface area (Å²) in [6.45, 7) is 3.38. The Hall–Kier alpha value is -3.32. The van der Waals surface area contributed by atoms with E-state index >= 15 is 0 Å². The third-order valence-corrected chi connectivity index (χ3v) is 6.28. The predicted octanol–water partition coefficient (Wildman–Crippen LogP) is 3.29. The Morgan fingerprint density at radius 2 is 1.72 bits per heavy atom. The first kappa shape index (κ1) is 20.6. The number of carbonyl (C=O) groups is 2. The van der Waals surface area contributed by atoms with Gasteiger partial charge >= 0.3 is 0 Å². The molecule has 2 aliphatic rings. The van der Waals surface area contributed by atoms with Gasteiger partial charge in [-0.2, -0.15) is 5.10 Å². The molecule has 0 spiro atoms. The van der Waals surface area contributed by atoms with Crippen molar-refractivity contribution in [3.05, 3.63) is 65.7 Å². The number of piperazine rings is 1. The summed E-state index contributed by atoms with van der Waals surface area (Å²) in [5, 5.41) is 5.27. The van der Waals surface area contributed by atoms with Crippen molar-refractivity contribution >= 4 is 34.9 Å². The maximum absolute atomic E-state index is 13.1. The summed E-state index contributed by atoms with van der Waals surface area (Å²) < 4.78 is 1.80. The maximum Gasteiger partial charge on any atom is 0.242 e.